The van der Waals surface area contributed by atoms with E-state index < -0.39 is 0 Å². The highest BCUT2D eigenvalue weighted by Gasteiger charge is 2.18. The predicted molar refractivity (Wildman–Crippen MR) is 79.4 cm³/mol. The van der Waals surface area contributed by atoms with Gasteiger partial charge in [-0.2, -0.15) is 0 Å². The summed E-state index contributed by atoms with van der Waals surface area (Å²) in [7, 11) is 0. The van der Waals surface area contributed by atoms with Crippen LogP contribution in [0.5, 0.6) is 11.6 Å². The summed E-state index contributed by atoms with van der Waals surface area (Å²) in [6.07, 6.45) is 3.15. The fourth-order valence-corrected chi connectivity index (χ4v) is 1.89. The number of nitrogen functional groups attached to an aromatic ring is 1. The monoisotopic (exact) mass is 293 g/mol. The Labute approximate surface area is 122 Å². The Morgan fingerprint density at radius 3 is 2.65 bits per heavy atom. The number of nitrogens with zero attached hydrogens (tertiary/aromatic N) is 2. The Balaban J connectivity index is 2.42. The van der Waals surface area contributed by atoms with Crippen molar-refractivity contribution in [2.24, 2.45) is 0 Å². The number of nitrogens with two attached hydrogens (primary N) is 1. The largest absolute Gasteiger partial charge is 0.432 e. The van der Waals surface area contributed by atoms with Gasteiger partial charge in [0.15, 0.2) is 5.75 Å². The molecule has 0 aliphatic rings. The first-order valence-electron chi connectivity index (χ1n) is 6.10. The van der Waals surface area contributed by atoms with E-state index in [9.17, 15) is 4.79 Å². The smallest absolute Gasteiger partial charge is 0.314 e. The van der Waals surface area contributed by atoms with Crippen molar-refractivity contribution >= 4 is 17.3 Å². The van der Waals surface area contributed by atoms with Crippen LogP contribution in [0.25, 0.3) is 0 Å². The average molecular weight is 294 g/mol. The van der Waals surface area contributed by atoms with E-state index in [4.69, 9.17) is 22.1 Å². The van der Waals surface area contributed by atoms with Crippen LogP contribution in [0.15, 0.2) is 35.4 Å². The minimum absolute atomic E-state index is 0.0172. The zero-order chi connectivity index (χ0) is 14.9. The summed E-state index contributed by atoms with van der Waals surface area (Å²) in [6, 6.07) is 4.80. The quantitative estimate of drug-likeness (QED) is 0.864. The van der Waals surface area contributed by atoms with Gasteiger partial charge in [-0.3, -0.25) is 4.79 Å². The van der Waals surface area contributed by atoms with Gasteiger partial charge < -0.3 is 15.0 Å². The number of aromatic nitrogens is 2. The number of halogens is 1. The molecule has 0 amide bonds. The third-order valence-corrected chi connectivity index (χ3v) is 2.95. The highest BCUT2D eigenvalue weighted by molar-refractivity contribution is 6.30. The molecule has 2 rings (SSSR count). The molecule has 0 aliphatic carbocycles. The van der Waals surface area contributed by atoms with E-state index in [1.165, 1.54) is 6.20 Å². The highest BCUT2D eigenvalue weighted by Crippen LogP contribution is 2.27. The Bertz CT molecular complexity index is 690. The predicted octanol–water partition coefficient (Wildman–Crippen LogP) is 3.03. The maximum absolute atomic E-state index is 12.3. The van der Waals surface area contributed by atoms with Gasteiger partial charge in [-0.05, 0) is 39.0 Å². The molecule has 0 fully saturated rings. The van der Waals surface area contributed by atoms with Crippen molar-refractivity contribution in [3.8, 4) is 11.6 Å². The molecule has 0 atom stereocenters. The van der Waals surface area contributed by atoms with Crippen LogP contribution >= 0.6 is 11.6 Å². The van der Waals surface area contributed by atoms with Crippen LogP contribution < -0.4 is 16.0 Å². The van der Waals surface area contributed by atoms with Gasteiger partial charge in [-0.1, -0.05) is 11.6 Å². The zero-order valence-electron chi connectivity index (χ0n) is 11.6. The molecule has 0 unspecified atom stereocenters. The van der Waals surface area contributed by atoms with E-state index in [2.05, 4.69) is 4.98 Å². The van der Waals surface area contributed by atoms with Gasteiger partial charge in [-0.25, -0.2) is 4.98 Å². The molecule has 20 heavy (non-hydrogen) atoms. The molecule has 2 N–H and O–H groups in total. The molecule has 0 spiro atoms. The maximum Gasteiger partial charge on any atom is 0.314 e. The molecule has 2 aromatic rings. The first-order valence-corrected chi connectivity index (χ1v) is 6.48. The van der Waals surface area contributed by atoms with Crippen molar-refractivity contribution in [2.75, 3.05) is 5.73 Å². The Morgan fingerprint density at radius 2 is 2.05 bits per heavy atom. The van der Waals surface area contributed by atoms with Gasteiger partial charge >= 0.3 is 5.56 Å². The Morgan fingerprint density at radius 1 is 1.35 bits per heavy atom. The fourth-order valence-electron chi connectivity index (χ4n) is 1.71. The van der Waals surface area contributed by atoms with Crippen LogP contribution in [0.1, 0.15) is 20.8 Å². The van der Waals surface area contributed by atoms with E-state index in [1.807, 2.05) is 20.8 Å². The lowest BCUT2D eigenvalue weighted by Crippen LogP contribution is -2.34. The standard InChI is InChI=1S/C14H16ClN3O2/c1-14(2,3)18-7-6-17-12(13(18)19)20-11-5-4-9(15)8-10(11)16/h4-8H,16H2,1-3H3. The molecule has 1 heterocycles. The van der Waals surface area contributed by atoms with Crippen LogP contribution in [0, 0.1) is 0 Å². The summed E-state index contributed by atoms with van der Waals surface area (Å²) in [5.74, 6) is 0.335. The summed E-state index contributed by atoms with van der Waals surface area (Å²) in [4.78, 5) is 16.3. The topological polar surface area (TPSA) is 70.1 Å². The van der Waals surface area contributed by atoms with Crippen LogP contribution in [-0.4, -0.2) is 9.55 Å². The third-order valence-electron chi connectivity index (χ3n) is 2.71. The van der Waals surface area contributed by atoms with Crippen molar-refractivity contribution in [3.05, 3.63) is 46.0 Å². The summed E-state index contributed by atoms with van der Waals surface area (Å²) in [5.41, 5.74) is 5.48. The van der Waals surface area contributed by atoms with Crippen molar-refractivity contribution in [3.63, 3.8) is 0 Å². The number of ether oxygens (including phenoxy) is 1. The lowest BCUT2D eigenvalue weighted by Gasteiger charge is -2.22. The molecule has 0 aliphatic heterocycles. The molecule has 0 radical (unpaired) electrons. The van der Waals surface area contributed by atoms with E-state index in [-0.39, 0.29) is 17.0 Å². The molecule has 0 saturated heterocycles. The first-order chi connectivity index (χ1) is 9.29. The summed E-state index contributed by atoms with van der Waals surface area (Å²) in [6.45, 7) is 5.78. The number of rotatable bonds is 2. The lowest BCUT2D eigenvalue weighted by molar-refractivity contribution is 0.363. The van der Waals surface area contributed by atoms with Gasteiger partial charge in [0.05, 0.1) is 5.69 Å². The van der Waals surface area contributed by atoms with Gasteiger partial charge in [0, 0.05) is 23.0 Å². The molecular formula is C14H16ClN3O2. The number of hydrogen-bond donors (Lipinski definition) is 1. The van der Waals surface area contributed by atoms with Crippen LogP contribution in [-0.2, 0) is 5.54 Å². The number of hydrogen-bond acceptors (Lipinski definition) is 4. The summed E-state index contributed by atoms with van der Waals surface area (Å²) in [5, 5.41) is 0.503. The Kier molecular flexibility index (Phi) is 3.72. The van der Waals surface area contributed by atoms with E-state index in [1.54, 1.807) is 29.0 Å². The number of anilines is 1. The summed E-state index contributed by atoms with van der Waals surface area (Å²) >= 11 is 5.82. The lowest BCUT2D eigenvalue weighted by atomic mass is 10.1. The van der Waals surface area contributed by atoms with Gasteiger partial charge in [-0.15, -0.1) is 0 Å². The molecular weight excluding hydrogens is 278 g/mol. The molecule has 6 heteroatoms. The third kappa shape index (κ3) is 2.93. The van der Waals surface area contributed by atoms with Crippen LogP contribution in [0.4, 0.5) is 5.69 Å². The number of benzene rings is 1. The second-order valence-electron chi connectivity index (χ2n) is 5.36. The molecule has 106 valence electrons. The molecule has 1 aromatic carbocycles. The van der Waals surface area contributed by atoms with Gasteiger partial charge in [0.1, 0.15) is 0 Å². The maximum atomic E-state index is 12.3. The zero-order valence-corrected chi connectivity index (χ0v) is 12.3. The van der Waals surface area contributed by atoms with E-state index in [0.717, 1.165) is 0 Å². The second kappa shape index (κ2) is 5.17. The average Bonchev–Trinajstić information content (AvgIpc) is 2.33. The minimum atomic E-state index is -0.357. The van der Waals surface area contributed by atoms with Gasteiger partial charge in [0.2, 0.25) is 0 Å². The SMILES string of the molecule is CC(C)(C)n1ccnc(Oc2ccc(Cl)cc2N)c1=O. The van der Waals surface area contributed by atoms with Crippen molar-refractivity contribution in [2.45, 2.75) is 26.3 Å². The molecule has 0 bridgehead atoms. The van der Waals surface area contributed by atoms with E-state index in [0.29, 0.717) is 16.5 Å². The molecule has 5 nitrogen and oxygen atoms in total. The molecule has 1 aromatic heterocycles. The van der Waals surface area contributed by atoms with Crippen molar-refractivity contribution in [1.29, 1.82) is 0 Å². The van der Waals surface area contributed by atoms with Crippen molar-refractivity contribution < 1.29 is 4.74 Å². The van der Waals surface area contributed by atoms with Crippen molar-refractivity contribution in [1.82, 2.24) is 9.55 Å². The summed E-state index contributed by atoms with van der Waals surface area (Å²) < 4.78 is 7.06. The van der Waals surface area contributed by atoms with Crippen LogP contribution in [0.3, 0.4) is 0 Å². The van der Waals surface area contributed by atoms with E-state index >= 15 is 0 Å². The highest BCUT2D eigenvalue weighted by atomic mass is 35.5. The second-order valence-corrected chi connectivity index (χ2v) is 5.80. The normalized spacial score (nSPS) is 11.4. The Hall–Kier alpha value is -2.01. The van der Waals surface area contributed by atoms with Crippen LogP contribution in [0.2, 0.25) is 5.02 Å². The first kappa shape index (κ1) is 14.4. The van der Waals surface area contributed by atoms with Gasteiger partial charge in [0.25, 0.3) is 5.88 Å². The fraction of sp³-hybridized carbons (Fsp3) is 0.286. The minimum Gasteiger partial charge on any atom is -0.432 e. The molecule has 0 saturated carbocycles.